The van der Waals surface area contributed by atoms with Crippen LogP contribution in [0, 0.1) is 0 Å². The topological polar surface area (TPSA) is 72.3 Å². The second kappa shape index (κ2) is 9.59. The zero-order valence-electron chi connectivity index (χ0n) is 17.1. The van der Waals surface area contributed by atoms with Gasteiger partial charge in [0.2, 0.25) is 0 Å². The summed E-state index contributed by atoms with van der Waals surface area (Å²) in [6.45, 7) is 8.58. The van der Waals surface area contributed by atoms with Crippen LogP contribution in [0.3, 0.4) is 0 Å². The highest BCUT2D eigenvalue weighted by molar-refractivity contribution is 5.85. The van der Waals surface area contributed by atoms with Crippen molar-refractivity contribution in [3.8, 4) is 5.75 Å². The van der Waals surface area contributed by atoms with Crippen molar-refractivity contribution in [1.82, 2.24) is 25.0 Å². The second-order valence-corrected chi connectivity index (χ2v) is 7.97. The van der Waals surface area contributed by atoms with Crippen molar-refractivity contribution in [2.24, 2.45) is 0 Å². The summed E-state index contributed by atoms with van der Waals surface area (Å²) in [5.41, 5.74) is 1.22. The van der Waals surface area contributed by atoms with E-state index >= 15 is 0 Å². The van der Waals surface area contributed by atoms with E-state index < -0.39 is 0 Å². The first-order valence-electron chi connectivity index (χ1n) is 10.2. The molecule has 1 saturated heterocycles. The first-order chi connectivity index (χ1) is 13.6. The molecular weight excluding hydrogens is 390 g/mol. The van der Waals surface area contributed by atoms with Crippen LogP contribution in [0.2, 0.25) is 0 Å². The Balaban J connectivity index is 0.00000240. The Hall–Kier alpha value is -2.12. The van der Waals surface area contributed by atoms with Crippen molar-refractivity contribution in [3.05, 3.63) is 41.5 Å². The smallest absolute Gasteiger partial charge is 0.260 e. The molecule has 4 rings (SSSR count). The van der Waals surface area contributed by atoms with Gasteiger partial charge in [0, 0.05) is 32.1 Å². The molecule has 1 aromatic carbocycles. The summed E-state index contributed by atoms with van der Waals surface area (Å²) in [7, 11) is 0. The van der Waals surface area contributed by atoms with Gasteiger partial charge in [-0.15, -0.1) is 22.6 Å². The molecule has 1 aromatic heterocycles. The van der Waals surface area contributed by atoms with Crippen molar-refractivity contribution < 1.29 is 9.53 Å². The molecular formula is C21H30ClN5O2. The lowest BCUT2D eigenvalue weighted by Gasteiger charge is -2.32. The van der Waals surface area contributed by atoms with Gasteiger partial charge in [-0.3, -0.25) is 4.79 Å². The quantitative estimate of drug-likeness (QED) is 0.806. The van der Waals surface area contributed by atoms with Crippen molar-refractivity contribution >= 4 is 18.3 Å². The SMILES string of the molecule is CC(C)c1cccc(OCC(=O)N2CCC(c3nnc4n3CCNC4)CC2)c1.Cl. The largest absolute Gasteiger partial charge is 0.484 e. The standard InChI is InChI=1S/C21H29N5O2.ClH/c1-15(2)17-4-3-5-18(12-17)28-14-20(27)25-9-6-16(7-10-25)21-24-23-19-13-22-8-11-26(19)21;/h3-5,12,15-16,22H,6-11,13-14H2,1-2H3;1H. The molecule has 0 atom stereocenters. The van der Waals surface area contributed by atoms with E-state index in [9.17, 15) is 4.79 Å². The molecule has 0 bridgehead atoms. The molecule has 2 aliphatic rings. The molecule has 7 nitrogen and oxygen atoms in total. The molecule has 2 aliphatic heterocycles. The Morgan fingerprint density at radius 1 is 1.24 bits per heavy atom. The number of fused-ring (bicyclic) bond motifs is 1. The number of nitrogens with zero attached hydrogens (tertiary/aromatic N) is 4. The number of halogens is 1. The highest BCUT2D eigenvalue weighted by Gasteiger charge is 2.28. The van der Waals surface area contributed by atoms with Crippen molar-refractivity contribution in [3.63, 3.8) is 0 Å². The number of piperidine rings is 1. The van der Waals surface area contributed by atoms with Crippen molar-refractivity contribution in [1.29, 1.82) is 0 Å². The minimum Gasteiger partial charge on any atom is -0.484 e. The van der Waals surface area contributed by atoms with Gasteiger partial charge in [0.05, 0.1) is 6.54 Å². The molecule has 0 spiro atoms. The maximum absolute atomic E-state index is 12.6. The van der Waals surface area contributed by atoms with Gasteiger partial charge in [0.1, 0.15) is 17.4 Å². The van der Waals surface area contributed by atoms with Crippen molar-refractivity contribution in [2.75, 3.05) is 26.2 Å². The second-order valence-electron chi connectivity index (χ2n) is 7.97. The van der Waals surface area contributed by atoms with E-state index in [1.54, 1.807) is 0 Å². The predicted molar refractivity (Wildman–Crippen MR) is 114 cm³/mol. The normalized spacial score (nSPS) is 17.0. The zero-order valence-corrected chi connectivity index (χ0v) is 18.0. The Kier molecular flexibility index (Phi) is 7.14. The monoisotopic (exact) mass is 419 g/mol. The maximum atomic E-state index is 12.6. The van der Waals surface area contributed by atoms with Crippen LogP contribution in [-0.2, 0) is 17.9 Å². The van der Waals surface area contributed by atoms with E-state index in [1.165, 1.54) is 5.56 Å². The summed E-state index contributed by atoms with van der Waals surface area (Å²) in [6, 6.07) is 8.00. The highest BCUT2D eigenvalue weighted by atomic mass is 35.5. The molecule has 3 heterocycles. The average Bonchev–Trinajstić information content (AvgIpc) is 3.16. The lowest BCUT2D eigenvalue weighted by molar-refractivity contribution is -0.134. The third kappa shape index (κ3) is 4.90. The molecule has 1 amide bonds. The first-order valence-corrected chi connectivity index (χ1v) is 10.2. The molecule has 0 radical (unpaired) electrons. The molecule has 8 heteroatoms. The Morgan fingerprint density at radius 2 is 2.03 bits per heavy atom. The van der Waals surface area contributed by atoms with Crippen LogP contribution < -0.4 is 10.1 Å². The summed E-state index contributed by atoms with van der Waals surface area (Å²) in [6.07, 6.45) is 1.86. The molecule has 158 valence electrons. The van der Waals surface area contributed by atoms with Crippen LogP contribution in [0.25, 0.3) is 0 Å². The summed E-state index contributed by atoms with van der Waals surface area (Å²) in [5.74, 6) is 3.75. The number of hydrogen-bond acceptors (Lipinski definition) is 5. The van der Waals surface area contributed by atoms with Crippen LogP contribution >= 0.6 is 12.4 Å². The van der Waals surface area contributed by atoms with Crippen LogP contribution in [0.1, 0.15) is 55.7 Å². The van der Waals surface area contributed by atoms with Gasteiger partial charge < -0.3 is 19.5 Å². The number of carbonyl (C=O) groups is 1. The predicted octanol–water partition coefficient (Wildman–Crippen LogP) is 2.71. The van der Waals surface area contributed by atoms with Gasteiger partial charge in [0.25, 0.3) is 5.91 Å². The highest BCUT2D eigenvalue weighted by Crippen LogP contribution is 2.28. The molecule has 2 aromatic rings. The van der Waals surface area contributed by atoms with Crippen LogP contribution in [-0.4, -0.2) is 51.8 Å². The van der Waals surface area contributed by atoms with E-state index in [-0.39, 0.29) is 24.9 Å². The van der Waals surface area contributed by atoms with Gasteiger partial charge in [-0.05, 0) is 36.5 Å². The molecule has 29 heavy (non-hydrogen) atoms. The number of hydrogen-bond donors (Lipinski definition) is 1. The number of benzene rings is 1. The van der Waals surface area contributed by atoms with Gasteiger partial charge in [-0.25, -0.2) is 0 Å². The molecule has 1 N–H and O–H groups in total. The Labute approximate surface area is 178 Å². The van der Waals surface area contributed by atoms with E-state index in [1.807, 2.05) is 23.1 Å². The lowest BCUT2D eigenvalue weighted by Crippen LogP contribution is -2.41. The van der Waals surface area contributed by atoms with Crippen LogP contribution in [0.15, 0.2) is 24.3 Å². The van der Waals surface area contributed by atoms with Gasteiger partial charge in [-0.2, -0.15) is 0 Å². The fourth-order valence-electron chi connectivity index (χ4n) is 4.00. The van der Waals surface area contributed by atoms with Gasteiger partial charge in [0.15, 0.2) is 6.61 Å². The first kappa shape index (κ1) is 21.6. The maximum Gasteiger partial charge on any atom is 0.260 e. The number of amides is 1. The summed E-state index contributed by atoms with van der Waals surface area (Å²) in [5, 5.41) is 12.1. The summed E-state index contributed by atoms with van der Waals surface area (Å²) >= 11 is 0. The Morgan fingerprint density at radius 3 is 2.79 bits per heavy atom. The third-order valence-electron chi connectivity index (χ3n) is 5.75. The Bertz CT molecular complexity index is 830. The molecule has 0 saturated carbocycles. The number of aromatic nitrogens is 3. The number of rotatable bonds is 5. The number of likely N-dealkylation sites (tertiary alicyclic amines) is 1. The number of nitrogens with one attached hydrogen (secondary N) is 1. The molecule has 0 unspecified atom stereocenters. The minimum atomic E-state index is 0. The minimum absolute atomic E-state index is 0. The van der Waals surface area contributed by atoms with E-state index in [2.05, 4.69) is 40.0 Å². The van der Waals surface area contributed by atoms with Crippen molar-refractivity contribution in [2.45, 2.75) is 51.6 Å². The molecule has 0 aliphatic carbocycles. The van der Waals surface area contributed by atoms with Crippen LogP contribution in [0.4, 0.5) is 0 Å². The fourth-order valence-corrected chi connectivity index (χ4v) is 4.00. The molecule has 1 fully saturated rings. The third-order valence-corrected chi connectivity index (χ3v) is 5.75. The fraction of sp³-hybridized carbons (Fsp3) is 0.571. The number of carbonyl (C=O) groups excluding carboxylic acids is 1. The van der Waals surface area contributed by atoms with Crippen LogP contribution in [0.5, 0.6) is 5.75 Å². The van der Waals surface area contributed by atoms with Gasteiger partial charge >= 0.3 is 0 Å². The summed E-state index contributed by atoms with van der Waals surface area (Å²) in [4.78, 5) is 14.5. The van der Waals surface area contributed by atoms with E-state index in [0.717, 1.165) is 63.0 Å². The summed E-state index contributed by atoms with van der Waals surface area (Å²) < 4.78 is 8.01. The average molecular weight is 420 g/mol. The van der Waals surface area contributed by atoms with Gasteiger partial charge in [-0.1, -0.05) is 26.0 Å². The van der Waals surface area contributed by atoms with E-state index in [0.29, 0.717) is 11.8 Å². The zero-order chi connectivity index (χ0) is 19.5. The lowest BCUT2D eigenvalue weighted by atomic mass is 9.95. The van der Waals surface area contributed by atoms with E-state index in [4.69, 9.17) is 4.74 Å². The number of ether oxygens (including phenoxy) is 1.